The Labute approximate surface area is 116 Å². The Kier molecular flexibility index (Phi) is 3.70. The van der Waals surface area contributed by atoms with E-state index in [2.05, 4.69) is 31.4 Å². The molecule has 0 radical (unpaired) electrons. The number of aromatic amines is 1. The van der Waals surface area contributed by atoms with Crippen LogP contribution in [-0.4, -0.2) is 31.7 Å². The molecule has 0 aliphatic carbocycles. The zero-order chi connectivity index (χ0) is 14.0. The summed E-state index contributed by atoms with van der Waals surface area (Å²) in [5, 5.41) is 17.3. The lowest BCUT2D eigenvalue weighted by Gasteiger charge is -2.05. The van der Waals surface area contributed by atoms with E-state index in [1.54, 1.807) is 16.8 Å². The fourth-order valence-electron chi connectivity index (χ4n) is 1.60. The lowest BCUT2D eigenvalue weighted by atomic mass is 10.3. The number of aromatic carboxylic acids is 1. The smallest absolute Gasteiger partial charge is 0.353 e. The predicted molar refractivity (Wildman–Crippen MR) is 71.3 cm³/mol. The first-order chi connectivity index (χ1) is 9.01. The molecule has 2 aromatic heterocycles. The maximum absolute atomic E-state index is 12.0. The van der Waals surface area contributed by atoms with E-state index < -0.39 is 5.97 Å². The number of hydrogen-bond donors (Lipinski definition) is 3. The van der Waals surface area contributed by atoms with Crippen LogP contribution in [-0.2, 0) is 6.54 Å². The van der Waals surface area contributed by atoms with Crippen LogP contribution >= 0.6 is 15.9 Å². The summed E-state index contributed by atoms with van der Waals surface area (Å²) in [4.78, 5) is 22.7. The molecule has 0 fully saturated rings. The number of nitrogens with zero attached hydrogens (tertiary/aromatic N) is 2. The highest BCUT2D eigenvalue weighted by atomic mass is 79.9. The quantitative estimate of drug-likeness (QED) is 0.799. The molecule has 8 heteroatoms. The van der Waals surface area contributed by atoms with Crippen molar-refractivity contribution in [3.8, 4) is 0 Å². The van der Waals surface area contributed by atoms with Crippen molar-refractivity contribution in [1.82, 2.24) is 14.8 Å². The third kappa shape index (κ3) is 2.84. The van der Waals surface area contributed by atoms with Crippen molar-refractivity contribution in [2.24, 2.45) is 0 Å². The van der Waals surface area contributed by atoms with Gasteiger partial charge in [0, 0.05) is 23.3 Å². The largest absolute Gasteiger partial charge is 0.477 e. The molecule has 7 nitrogen and oxygen atoms in total. The van der Waals surface area contributed by atoms with E-state index in [1.807, 2.05) is 6.92 Å². The van der Waals surface area contributed by atoms with Crippen molar-refractivity contribution in [3.63, 3.8) is 0 Å². The Hall–Kier alpha value is -2.09. The number of rotatable bonds is 4. The van der Waals surface area contributed by atoms with E-state index in [4.69, 9.17) is 5.11 Å². The molecule has 0 saturated heterocycles. The number of anilines is 1. The average Bonchev–Trinajstić information content (AvgIpc) is 2.95. The van der Waals surface area contributed by atoms with Crippen LogP contribution in [0.3, 0.4) is 0 Å². The van der Waals surface area contributed by atoms with Crippen molar-refractivity contribution in [2.45, 2.75) is 13.5 Å². The number of carboxylic acid groups (broad SMARTS) is 1. The van der Waals surface area contributed by atoms with Crippen molar-refractivity contribution >= 4 is 33.6 Å². The van der Waals surface area contributed by atoms with Gasteiger partial charge in [-0.05, 0) is 28.9 Å². The normalized spacial score (nSPS) is 10.4. The van der Waals surface area contributed by atoms with Crippen molar-refractivity contribution in [1.29, 1.82) is 0 Å². The van der Waals surface area contributed by atoms with Gasteiger partial charge >= 0.3 is 5.97 Å². The summed E-state index contributed by atoms with van der Waals surface area (Å²) >= 11 is 3.30. The van der Waals surface area contributed by atoms with Gasteiger partial charge in [0.05, 0.1) is 0 Å². The summed E-state index contributed by atoms with van der Waals surface area (Å²) in [7, 11) is 0. The summed E-state index contributed by atoms with van der Waals surface area (Å²) in [6, 6.07) is 2.94. The SMILES string of the molecule is CCn1cc(Br)cc1C(=O)Nc1cc(C(=O)O)[nH]n1. The molecule has 0 atom stereocenters. The summed E-state index contributed by atoms with van der Waals surface area (Å²) < 4.78 is 2.57. The molecule has 0 aromatic carbocycles. The van der Waals surface area contributed by atoms with Gasteiger partial charge in [-0.25, -0.2) is 4.79 Å². The second-order valence-electron chi connectivity index (χ2n) is 3.76. The minimum absolute atomic E-state index is 0.0812. The minimum atomic E-state index is -1.13. The maximum atomic E-state index is 12.0. The van der Waals surface area contributed by atoms with E-state index in [1.165, 1.54) is 6.07 Å². The Morgan fingerprint density at radius 1 is 1.53 bits per heavy atom. The van der Waals surface area contributed by atoms with E-state index in [0.717, 1.165) is 4.47 Å². The predicted octanol–water partition coefficient (Wildman–Crippen LogP) is 1.94. The molecule has 100 valence electrons. The lowest BCUT2D eigenvalue weighted by molar-refractivity contribution is 0.0690. The number of carbonyl (C=O) groups excluding carboxylic acids is 1. The average molecular weight is 327 g/mol. The number of halogens is 1. The Balaban J connectivity index is 2.18. The number of hydrogen-bond acceptors (Lipinski definition) is 3. The molecule has 1 amide bonds. The maximum Gasteiger partial charge on any atom is 0.353 e. The van der Waals surface area contributed by atoms with Gasteiger partial charge in [0.15, 0.2) is 5.82 Å². The monoisotopic (exact) mass is 326 g/mol. The first-order valence-electron chi connectivity index (χ1n) is 5.47. The minimum Gasteiger partial charge on any atom is -0.477 e. The second-order valence-corrected chi connectivity index (χ2v) is 4.67. The van der Waals surface area contributed by atoms with E-state index in [-0.39, 0.29) is 17.4 Å². The molecule has 0 aliphatic heterocycles. The zero-order valence-electron chi connectivity index (χ0n) is 9.98. The van der Waals surface area contributed by atoms with Crippen LogP contribution in [0.1, 0.15) is 27.9 Å². The molecule has 2 heterocycles. The Morgan fingerprint density at radius 3 is 2.84 bits per heavy atom. The molecular weight excluding hydrogens is 316 g/mol. The van der Waals surface area contributed by atoms with E-state index in [0.29, 0.717) is 12.2 Å². The zero-order valence-corrected chi connectivity index (χ0v) is 11.6. The van der Waals surface area contributed by atoms with E-state index >= 15 is 0 Å². The summed E-state index contributed by atoms with van der Waals surface area (Å²) in [6.07, 6.45) is 1.79. The number of amides is 1. The summed E-state index contributed by atoms with van der Waals surface area (Å²) in [5.74, 6) is -1.31. The van der Waals surface area contributed by atoms with Gasteiger partial charge in [-0.15, -0.1) is 0 Å². The van der Waals surface area contributed by atoms with Crippen LogP contribution in [0.15, 0.2) is 22.8 Å². The number of aromatic nitrogens is 3. The molecule has 2 rings (SSSR count). The summed E-state index contributed by atoms with van der Waals surface area (Å²) in [6.45, 7) is 2.57. The first-order valence-corrected chi connectivity index (χ1v) is 6.26. The van der Waals surface area contributed by atoms with Gasteiger partial charge in [0.2, 0.25) is 0 Å². The molecule has 0 bridgehead atoms. The fraction of sp³-hybridized carbons (Fsp3) is 0.182. The number of aryl methyl sites for hydroxylation is 1. The molecule has 0 saturated carbocycles. The topological polar surface area (TPSA) is 100 Å². The highest BCUT2D eigenvalue weighted by Crippen LogP contribution is 2.16. The fourth-order valence-corrected chi connectivity index (χ4v) is 2.07. The molecule has 0 unspecified atom stereocenters. The first kappa shape index (κ1) is 13.3. The van der Waals surface area contributed by atoms with Gasteiger partial charge in [-0.2, -0.15) is 5.10 Å². The van der Waals surface area contributed by atoms with Crippen LogP contribution in [0.5, 0.6) is 0 Å². The van der Waals surface area contributed by atoms with Gasteiger partial charge in [-0.1, -0.05) is 0 Å². The molecule has 19 heavy (non-hydrogen) atoms. The number of H-pyrrole nitrogens is 1. The molecule has 3 N–H and O–H groups in total. The number of carbonyl (C=O) groups is 2. The second kappa shape index (κ2) is 5.27. The van der Waals surface area contributed by atoms with Crippen molar-refractivity contribution in [3.05, 3.63) is 34.2 Å². The lowest BCUT2D eigenvalue weighted by Crippen LogP contribution is -2.16. The van der Waals surface area contributed by atoms with Crippen LogP contribution in [0.2, 0.25) is 0 Å². The molecule has 0 aliphatic rings. The highest BCUT2D eigenvalue weighted by molar-refractivity contribution is 9.10. The number of carboxylic acids is 1. The standard InChI is InChI=1S/C11H11BrN4O3/c1-2-16-5-6(12)3-8(16)10(17)13-9-4-7(11(18)19)14-15-9/h3-5H,2H2,1H3,(H,18,19)(H2,13,14,15,17). The van der Waals surface area contributed by atoms with Crippen LogP contribution in [0, 0.1) is 0 Å². The van der Waals surface area contributed by atoms with Gasteiger partial charge in [0.25, 0.3) is 5.91 Å². The van der Waals surface area contributed by atoms with Crippen LogP contribution in [0.25, 0.3) is 0 Å². The molecule has 0 spiro atoms. The van der Waals surface area contributed by atoms with Crippen LogP contribution in [0.4, 0.5) is 5.82 Å². The van der Waals surface area contributed by atoms with Gasteiger partial charge in [-0.3, -0.25) is 9.89 Å². The molecule has 2 aromatic rings. The van der Waals surface area contributed by atoms with Gasteiger partial charge in [0.1, 0.15) is 11.4 Å². The Morgan fingerprint density at radius 2 is 2.26 bits per heavy atom. The van der Waals surface area contributed by atoms with Crippen LogP contribution < -0.4 is 5.32 Å². The summed E-state index contributed by atoms with van der Waals surface area (Å²) in [5.41, 5.74) is 0.386. The third-order valence-corrected chi connectivity index (χ3v) is 2.92. The van der Waals surface area contributed by atoms with Gasteiger partial charge < -0.3 is 15.0 Å². The highest BCUT2D eigenvalue weighted by Gasteiger charge is 2.15. The van der Waals surface area contributed by atoms with Crippen molar-refractivity contribution in [2.75, 3.05) is 5.32 Å². The third-order valence-electron chi connectivity index (χ3n) is 2.49. The molecular formula is C11H11BrN4O3. The number of nitrogens with one attached hydrogen (secondary N) is 2. The Bertz CT molecular complexity index is 632. The van der Waals surface area contributed by atoms with E-state index in [9.17, 15) is 9.59 Å². The van der Waals surface area contributed by atoms with Crippen molar-refractivity contribution < 1.29 is 14.7 Å².